The standard InChI is InChI=1S/C15H24N6O5/c1-2-16-13-18-14(17-5-8-26-12(24)4-3-11(22)23)20-15(19-13)21-6-9-25-10-7-21/h2-10H2,1H3,(H,22,23)(H2,16,17,18,19,20). The maximum absolute atomic E-state index is 11.4. The first-order valence-corrected chi connectivity index (χ1v) is 8.52. The molecule has 0 radical (unpaired) electrons. The lowest BCUT2D eigenvalue weighted by molar-refractivity contribution is -0.147. The van der Waals surface area contributed by atoms with E-state index in [9.17, 15) is 9.59 Å². The van der Waals surface area contributed by atoms with E-state index in [4.69, 9.17) is 14.6 Å². The molecule has 0 saturated carbocycles. The van der Waals surface area contributed by atoms with Crippen molar-refractivity contribution < 1.29 is 24.2 Å². The average molecular weight is 368 g/mol. The summed E-state index contributed by atoms with van der Waals surface area (Å²) in [5, 5.41) is 14.6. The Kier molecular flexibility index (Phi) is 7.80. The van der Waals surface area contributed by atoms with Gasteiger partial charge in [-0.2, -0.15) is 15.0 Å². The van der Waals surface area contributed by atoms with Gasteiger partial charge in [-0.15, -0.1) is 0 Å². The second-order valence-corrected chi connectivity index (χ2v) is 5.45. The van der Waals surface area contributed by atoms with E-state index in [1.54, 1.807) is 0 Å². The normalized spacial score (nSPS) is 14.0. The predicted molar refractivity (Wildman–Crippen MR) is 93.3 cm³/mol. The number of aromatic nitrogens is 3. The van der Waals surface area contributed by atoms with Crippen molar-refractivity contribution in [1.82, 2.24) is 15.0 Å². The molecule has 0 atom stereocenters. The number of carboxylic acid groups (broad SMARTS) is 1. The molecule has 0 amide bonds. The van der Waals surface area contributed by atoms with Gasteiger partial charge in [0.05, 0.1) is 32.6 Å². The van der Waals surface area contributed by atoms with Crippen LogP contribution in [0.2, 0.25) is 0 Å². The van der Waals surface area contributed by atoms with Crippen molar-refractivity contribution >= 4 is 29.8 Å². The Balaban J connectivity index is 1.87. The van der Waals surface area contributed by atoms with Gasteiger partial charge in [0.1, 0.15) is 6.61 Å². The highest BCUT2D eigenvalue weighted by Gasteiger charge is 2.16. The predicted octanol–water partition coefficient (Wildman–Crippen LogP) is -0.0401. The van der Waals surface area contributed by atoms with Crippen LogP contribution in [0.25, 0.3) is 0 Å². The van der Waals surface area contributed by atoms with E-state index < -0.39 is 11.9 Å². The summed E-state index contributed by atoms with van der Waals surface area (Å²) in [6.45, 7) is 5.67. The van der Waals surface area contributed by atoms with Crippen LogP contribution < -0.4 is 15.5 Å². The first-order chi connectivity index (χ1) is 12.6. The maximum atomic E-state index is 11.4. The van der Waals surface area contributed by atoms with Crippen molar-refractivity contribution in [3.8, 4) is 0 Å². The molecule has 0 aromatic carbocycles. The van der Waals surface area contributed by atoms with Gasteiger partial charge >= 0.3 is 11.9 Å². The Hall–Kier alpha value is -2.69. The highest BCUT2D eigenvalue weighted by atomic mass is 16.5. The minimum atomic E-state index is -1.03. The third-order valence-corrected chi connectivity index (χ3v) is 3.44. The minimum absolute atomic E-state index is 0.0908. The van der Waals surface area contributed by atoms with Crippen molar-refractivity contribution in [3.05, 3.63) is 0 Å². The van der Waals surface area contributed by atoms with Crippen LogP contribution in [0.15, 0.2) is 0 Å². The van der Waals surface area contributed by atoms with E-state index in [0.717, 1.165) is 0 Å². The lowest BCUT2D eigenvalue weighted by Crippen LogP contribution is -2.37. The lowest BCUT2D eigenvalue weighted by atomic mass is 10.3. The zero-order chi connectivity index (χ0) is 18.8. The second-order valence-electron chi connectivity index (χ2n) is 5.45. The molecule has 11 heteroatoms. The number of carbonyl (C=O) groups excluding carboxylic acids is 1. The second kappa shape index (κ2) is 10.3. The summed E-state index contributed by atoms with van der Waals surface area (Å²) in [4.78, 5) is 36.9. The molecule has 144 valence electrons. The van der Waals surface area contributed by atoms with Crippen molar-refractivity contribution in [3.63, 3.8) is 0 Å². The molecule has 1 aliphatic heterocycles. The third kappa shape index (κ3) is 6.67. The molecule has 0 aliphatic carbocycles. The molecule has 1 aromatic heterocycles. The number of hydrogen-bond acceptors (Lipinski definition) is 10. The molecule has 0 spiro atoms. The summed E-state index contributed by atoms with van der Waals surface area (Å²) in [5.41, 5.74) is 0. The van der Waals surface area contributed by atoms with Crippen molar-refractivity contribution in [1.29, 1.82) is 0 Å². The van der Waals surface area contributed by atoms with E-state index >= 15 is 0 Å². The fourth-order valence-electron chi connectivity index (χ4n) is 2.19. The van der Waals surface area contributed by atoms with Crippen LogP contribution >= 0.6 is 0 Å². The molecule has 3 N–H and O–H groups in total. The number of nitrogens with zero attached hydrogens (tertiary/aromatic N) is 4. The topological polar surface area (TPSA) is 139 Å². The Labute approximate surface area is 151 Å². The summed E-state index contributed by atoms with van der Waals surface area (Å²) in [5.74, 6) is -0.187. The highest BCUT2D eigenvalue weighted by Crippen LogP contribution is 2.14. The zero-order valence-corrected chi connectivity index (χ0v) is 14.7. The molecule has 1 fully saturated rings. The van der Waals surface area contributed by atoms with Gasteiger partial charge in [-0.1, -0.05) is 0 Å². The molecule has 1 saturated heterocycles. The number of hydrogen-bond donors (Lipinski definition) is 3. The quantitative estimate of drug-likeness (QED) is 0.378. The number of rotatable bonds is 10. The lowest BCUT2D eigenvalue weighted by Gasteiger charge is -2.27. The van der Waals surface area contributed by atoms with Gasteiger partial charge in [-0.3, -0.25) is 9.59 Å². The van der Waals surface area contributed by atoms with Crippen LogP contribution in [-0.4, -0.2) is 78.0 Å². The van der Waals surface area contributed by atoms with Gasteiger partial charge in [0.2, 0.25) is 17.8 Å². The number of aliphatic carboxylic acids is 1. The van der Waals surface area contributed by atoms with Crippen LogP contribution in [0.5, 0.6) is 0 Å². The summed E-state index contributed by atoms with van der Waals surface area (Å²) in [6.07, 6.45) is -0.387. The van der Waals surface area contributed by atoms with Crippen LogP contribution in [-0.2, 0) is 19.1 Å². The minimum Gasteiger partial charge on any atom is -0.481 e. The summed E-state index contributed by atoms with van der Waals surface area (Å²) in [6, 6.07) is 0. The van der Waals surface area contributed by atoms with E-state index in [1.807, 2.05) is 11.8 Å². The summed E-state index contributed by atoms with van der Waals surface area (Å²) in [7, 11) is 0. The molecule has 1 aliphatic rings. The molecule has 26 heavy (non-hydrogen) atoms. The van der Waals surface area contributed by atoms with Crippen LogP contribution in [0, 0.1) is 0 Å². The Morgan fingerprint density at radius 3 is 2.50 bits per heavy atom. The number of nitrogens with one attached hydrogen (secondary N) is 2. The van der Waals surface area contributed by atoms with E-state index in [2.05, 4.69) is 25.6 Å². The Bertz CT molecular complexity index is 608. The van der Waals surface area contributed by atoms with E-state index in [1.165, 1.54) is 0 Å². The van der Waals surface area contributed by atoms with Gasteiger partial charge in [-0.25, -0.2) is 0 Å². The number of anilines is 3. The monoisotopic (exact) mass is 368 g/mol. The number of esters is 1. The van der Waals surface area contributed by atoms with Crippen molar-refractivity contribution in [2.75, 3.05) is 61.5 Å². The Morgan fingerprint density at radius 1 is 1.15 bits per heavy atom. The fraction of sp³-hybridized carbons (Fsp3) is 0.667. The van der Waals surface area contributed by atoms with Gasteiger partial charge in [0.15, 0.2) is 0 Å². The summed E-state index contributed by atoms with van der Waals surface area (Å²) < 4.78 is 10.3. The molecule has 2 heterocycles. The Morgan fingerprint density at radius 2 is 1.85 bits per heavy atom. The average Bonchev–Trinajstić information content (AvgIpc) is 2.64. The molecule has 1 aromatic rings. The van der Waals surface area contributed by atoms with Gasteiger partial charge in [0.25, 0.3) is 0 Å². The molecule has 2 rings (SSSR count). The molecular formula is C15H24N6O5. The molecule has 0 bridgehead atoms. The van der Waals surface area contributed by atoms with Crippen LogP contribution in [0.4, 0.5) is 17.8 Å². The number of morpholine rings is 1. The highest BCUT2D eigenvalue weighted by molar-refractivity contribution is 5.76. The number of carboxylic acids is 1. The van der Waals surface area contributed by atoms with Crippen molar-refractivity contribution in [2.24, 2.45) is 0 Å². The maximum Gasteiger partial charge on any atom is 0.306 e. The smallest absolute Gasteiger partial charge is 0.306 e. The summed E-state index contributed by atoms with van der Waals surface area (Å²) >= 11 is 0. The SMILES string of the molecule is CCNc1nc(NCCOC(=O)CCC(=O)O)nc(N2CCOCC2)n1. The molecular weight excluding hydrogens is 344 g/mol. The number of carbonyl (C=O) groups is 2. The third-order valence-electron chi connectivity index (χ3n) is 3.44. The molecule has 0 unspecified atom stereocenters. The van der Waals surface area contributed by atoms with E-state index in [-0.39, 0.29) is 19.4 Å². The molecule has 11 nitrogen and oxygen atoms in total. The van der Waals surface area contributed by atoms with Gasteiger partial charge < -0.3 is 30.1 Å². The van der Waals surface area contributed by atoms with Gasteiger partial charge in [0, 0.05) is 19.6 Å². The van der Waals surface area contributed by atoms with E-state index in [0.29, 0.717) is 57.2 Å². The van der Waals surface area contributed by atoms with Gasteiger partial charge in [-0.05, 0) is 6.92 Å². The van der Waals surface area contributed by atoms with Crippen LogP contribution in [0.3, 0.4) is 0 Å². The fourth-order valence-corrected chi connectivity index (χ4v) is 2.19. The largest absolute Gasteiger partial charge is 0.481 e. The first kappa shape index (κ1) is 19.6. The van der Waals surface area contributed by atoms with Crippen molar-refractivity contribution in [2.45, 2.75) is 19.8 Å². The van der Waals surface area contributed by atoms with Crippen LogP contribution in [0.1, 0.15) is 19.8 Å². The number of ether oxygens (including phenoxy) is 2. The first-order valence-electron chi connectivity index (χ1n) is 8.52. The zero-order valence-electron chi connectivity index (χ0n) is 14.7.